The standard InChI is InChI=1S/C22H16ClN3O/c1-14(27)20-19(16-6-4-7-17(23)11-16)22(12-24,13-25)21-18-8-3-2-5-15(18)9-10-26(20)21/h2-11,19-21H,1H3/p+1/t19-,20-,21-/m0/s1. The van der Waals surface area contributed by atoms with Crippen molar-refractivity contribution < 1.29 is 9.69 Å². The highest BCUT2D eigenvalue weighted by Crippen LogP contribution is 2.51. The van der Waals surface area contributed by atoms with Crippen LogP contribution in [-0.4, -0.2) is 11.8 Å². The number of hydrogen-bond donors (Lipinski definition) is 1. The average molecular weight is 375 g/mol. The van der Waals surface area contributed by atoms with E-state index >= 15 is 0 Å². The SMILES string of the molecule is CC(=O)[C@H]1[C@H](c2cccc(Cl)c2)C(C#N)(C#N)[C@@H]2c3ccccc3C=C[NH+]21. The molecule has 0 saturated carbocycles. The summed E-state index contributed by atoms with van der Waals surface area (Å²) in [7, 11) is 0. The van der Waals surface area contributed by atoms with E-state index in [-0.39, 0.29) is 5.78 Å². The molecule has 1 fully saturated rings. The van der Waals surface area contributed by atoms with Gasteiger partial charge in [-0.1, -0.05) is 48.0 Å². The number of halogens is 1. The molecule has 4 atom stereocenters. The second kappa shape index (κ2) is 6.35. The van der Waals surface area contributed by atoms with Gasteiger partial charge in [0.1, 0.15) is 0 Å². The lowest BCUT2D eigenvalue weighted by Gasteiger charge is -2.29. The van der Waals surface area contributed by atoms with Gasteiger partial charge in [0.15, 0.2) is 17.9 Å². The van der Waals surface area contributed by atoms with E-state index in [4.69, 9.17) is 11.6 Å². The van der Waals surface area contributed by atoms with Crippen LogP contribution in [0.5, 0.6) is 0 Å². The van der Waals surface area contributed by atoms with Gasteiger partial charge < -0.3 is 0 Å². The largest absolute Gasteiger partial charge is 0.293 e. The molecule has 2 aromatic carbocycles. The third-order valence-corrected chi connectivity index (χ3v) is 5.98. The molecule has 0 aliphatic carbocycles. The molecule has 0 radical (unpaired) electrons. The predicted molar refractivity (Wildman–Crippen MR) is 102 cm³/mol. The molecule has 1 N–H and O–H groups in total. The monoisotopic (exact) mass is 374 g/mol. The number of Topliss-reactive ketones (excluding diaryl/α,β-unsaturated/α-hetero) is 1. The van der Waals surface area contributed by atoms with Crippen molar-refractivity contribution in [1.82, 2.24) is 0 Å². The fraction of sp³-hybridized carbons (Fsp3) is 0.227. The Labute approximate surface area is 162 Å². The number of nitriles is 2. The van der Waals surface area contributed by atoms with Crippen molar-refractivity contribution in [2.24, 2.45) is 5.41 Å². The Morgan fingerprint density at radius 2 is 1.89 bits per heavy atom. The summed E-state index contributed by atoms with van der Waals surface area (Å²) in [6.07, 6.45) is 3.89. The summed E-state index contributed by atoms with van der Waals surface area (Å²) in [5.41, 5.74) is 1.28. The van der Waals surface area contributed by atoms with Crippen molar-refractivity contribution in [2.45, 2.75) is 24.9 Å². The van der Waals surface area contributed by atoms with Crippen LogP contribution in [0.25, 0.3) is 6.08 Å². The van der Waals surface area contributed by atoms with Gasteiger partial charge in [0.05, 0.1) is 24.3 Å². The van der Waals surface area contributed by atoms with Gasteiger partial charge in [-0.25, -0.2) is 0 Å². The van der Waals surface area contributed by atoms with Crippen LogP contribution >= 0.6 is 11.6 Å². The lowest BCUT2D eigenvalue weighted by molar-refractivity contribution is -0.885. The Hall–Kier alpha value is -2.92. The molecule has 2 aliphatic heterocycles. The zero-order valence-electron chi connectivity index (χ0n) is 14.7. The second-order valence-electron chi connectivity index (χ2n) is 7.11. The zero-order chi connectivity index (χ0) is 19.2. The first-order valence-corrected chi connectivity index (χ1v) is 9.13. The van der Waals surface area contributed by atoms with E-state index in [0.717, 1.165) is 21.6 Å². The van der Waals surface area contributed by atoms with Gasteiger partial charge in [-0.05, 0) is 29.3 Å². The minimum Gasteiger partial charge on any atom is -0.293 e. The smallest absolute Gasteiger partial charge is 0.212 e. The molecular formula is C22H17ClN3O+. The molecule has 1 unspecified atom stereocenters. The maximum absolute atomic E-state index is 12.7. The summed E-state index contributed by atoms with van der Waals surface area (Å²) >= 11 is 6.19. The number of nitrogens with one attached hydrogen (secondary N) is 1. The van der Waals surface area contributed by atoms with Crippen LogP contribution in [0.1, 0.15) is 35.6 Å². The van der Waals surface area contributed by atoms with Gasteiger partial charge in [-0.15, -0.1) is 0 Å². The zero-order valence-corrected chi connectivity index (χ0v) is 15.4. The van der Waals surface area contributed by atoms with Crippen LogP contribution in [0.4, 0.5) is 0 Å². The number of quaternary nitrogens is 1. The summed E-state index contributed by atoms with van der Waals surface area (Å²) in [5, 5.41) is 21.0. The Balaban J connectivity index is 2.02. The molecule has 0 amide bonds. The number of nitrogens with zero attached hydrogens (tertiary/aromatic N) is 2. The fourth-order valence-electron chi connectivity index (χ4n) is 4.73. The van der Waals surface area contributed by atoms with Gasteiger partial charge in [-0.2, -0.15) is 10.5 Å². The van der Waals surface area contributed by atoms with E-state index in [1.54, 1.807) is 18.2 Å². The second-order valence-corrected chi connectivity index (χ2v) is 7.55. The van der Waals surface area contributed by atoms with E-state index in [1.165, 1.54) is 6.92 Å². The fourth-order valence-corrected chi connectivity index (χ4v) is 4.93. The number of rotatable bonds is 2. The first-order valence-electron chi connectivity index (χ1n) is 8.75. The third-order valence-electron chi connectivity index (χ3n) is 5.75. The maximum Gasteiger partial charge on any atom is 0.212 e. The van der Waals surface area contributed by atoms with E-state index in [9.17, 15) is 15.3 Å². The average Bonchev–Trinajstić information content (AvgIpc) is 2.99. The van der Waals surface area contributed by atoms with Crippen molar-refractivity contribution in [2.75, 3.05) is 0 Å². The van der Waals surface area contributed by atoms with Crippen molar-refractivity contribution in [3.05, 3.63) is 76.4 Å². The molecule has 4 rings (SSSR count). The number of hydrogen-bond acceptors (Lipinski definition) is 3. The molecule has 5 heteroatoms. The Kier molecular flexibility index (Phi) is 4.12. The molecule has 0 aromatic heterocycles. The molecule has 27 heavy (non-hydrogen) atoms. The maximum atomic E-state index is 12.7. The third kappa shape index (κ3) is 2.42. The van der Waals surface area contributed by atoms with Gasteiger partial charge >= 0.3 is 0 Å². The first kappa shape index (κ1) is 17.5. The molecule has 2 aliphatic rings. The van der Waals surface area contributed by atoms with Gasteiger partial charge in [0, 0.05) is 17.5 Å². The van der Waals surface area contributed by atoms with E-state index < -0.39 is 23.4 Å². The lowest BCUT2D eigenvalue weighted by atomic mass is 9.68. The van der Waals surface area contributed by atoms with Crippen molar-refractivity contribution >= 4 is 23.5 Å². The number of benzene rings is 2. The van der Waals surface area contributed by atoms with E-state index in [0.29, 0.717) is 5.02 Å². The number of carbonyl (C=O) groups excluding carboxylic acids is 1. The molecule has 2 aromatic rings. The molecule has 0 bridgehead atoms. The molecule has 1 saturated heterocycles. The topological polar surface area (TPSA) is 69.1 Å². The summed E-state index contributed by atoms with van der Waals surface area (Å²) in [5.74, 6) is -0.615. The van der Waals surface area contributed by atoms with Crippen molar-refractivity contribution in [1.29, 1.82) is 10.5 Å². The summed E-state index contributed by atoms with van der Waals surface area (Å²) in [4.78, 5) is 13.5. The highest BCUT2D eigenvalue weighted by Gasteiger charge is 2.67. The van der Waals surface area contributed by atoms with Crippen LogP contribution in [0, 0.1) is 28.1 Å². The van der Waals surface area contributed by atoms with Crippen LogP contribution in [0.3, 0.4) is 0 Å². The van der Waals surface area contributed by atoms with Gasteiger partial charge in [0.25, 0.3) is 0 Å². The summed E-state index contributed by atoms with van der Waals surface area (Å²) in [6.45, 7) is 1.53. The van der Waals surface area contributed by atoms with Crippen molar-refractivity contribution in [3.63, 3.8) is 0 Å². The van der Waals surface area contributed by atoms with Crippen molar-refractivity contribution in [3.8, 4) is 12.1 Å². The van der Waals surface area contributed by atoms with Gasteiger partial charge in [-0.3, -0.25) is 9.69 Å². The Morgan fingerprint density at radius 3 is 2.56 bits per heavy atom. The molecule has 4 nitrogen and oxygen atoms in total. The lowest BCUT2D eigenvalue weighted by Crippen LogP contribution is -3.11. The number of fused-ring (bicyclic) bond motifs is 3. The normalized spacial score (nSPS) is 27.1. The van der Waals surface area contributed by atoms with Crippen LogP contribution < -0.4 is 4.90 Å². The molecular weight excluding hydrogens is 358 g/mol. The van der Waals surface area contributed by atoms with E-state index in [2.05, 4.69) is 12.1 Å². The Bertz CT molecular complexity index is 1030. The first-order chi connectivity index (χ1) is 13.0. The van der Waals surface area contributed by atoms with E-state index in [1.807, 2.05) is 42.6 Å². The quantitative estimate of drug-likeness (QED) is 0.878. The van der Waals surface area contributed by atoms with Crippen LogP contribution in [-0.2, 0) is 4.79 Å². The number of carbonyl (C=O) groups is 1. The highest BCUT2D eigenvalue weighted by molar-refractivity contribution is 6.30. The van der Waals surface area contributed by atoms with Gasteiger partial charge in [0.2, 0.25) is 5.41 Å². The minimum atomic E-state index is -1.38. The van der Waals surface area contributed by atoms with Crippen LogP contribution in [0.15, 0.2) is 54.7 Å². The summed E-state index contributed by atoms with van der Waals surface area (Å²) in [6, 6.07) is 18.6. The molecule has 132 valence electrons. The minimum absolute atomic E-state index is 0.0450. The Morgan fingerprint density at radius 1 is 1.15 bits per heavy atom. The highest BCUT2D eigenvalue weighted by atomic mass is 35.5. The number of ketones is 1. The van der Waals surface area contributed by atoms with Crippen LogP contribution in [0.2, 0.25) is 5.02 Å². The molecule has 0 spiro atoms. The predicted octanol–water partition coefficient (Wildman–Crippen LogP) is 3.04. The summed E-state index contributed by atoms with van der Waals surface area (Å²) < 4.78 is 0. The molecule has 2 heterocycles.